The van der Waals surface area contributed by atoms with E-state index in [1.165, 1.54) is 6.07 Å². The molecule has 72 valence electrons. The molecule has 0 radical (unpaired) electrons. The molecule has 1 aromatic rings. The molecule has 0 bridgehead atoms. The summed E-state index contributed by atoms with van der Waals surface area (Å²) in [5.41, 5.74) is -0.0557. The average Bonchev–Trinajstić information content (AvgIpc) is 2.09. The first-order valence-electron chi connectivity index (χ1n) is 3.63. The number of pyridine rings is 1. The first-order chi connectivity index (χ1) is 6.06. The van der Waals surface area contributed by atoms with Crippen LogP contribution in [0, 0.1) is 6.92 Å². The number of hydrogen-bond acceptors (Lipinski definition) is 1. The Hall–Kier alpha value is -0.900. The Morgan fingerprint density at radius 1 is 1.62 bits per heavy atom. The highest BCUT2D eigenvalue weighted by atomic mass is 35.5. The van der Waals surface area contributed by atoms with E-state index in [-0.39, 0.29) is 11.6 Å². The molecule has 1 heterocycles. The maximum Gasteiger partial charge on any atom is 0.278 e. The van der Waals surface area contributed by atoms with Gasteiger partial charge in [-0.25, -0.2) is 8.78 Å². The summed E-state index contributed by atoms with van der Waals surface area (Å²) in [5, 5.41) is 0. The number of alkyl halides is 3. The van der Waals surface area contributed by atoms with E-state index in [1.807, 2.05) is 0 Å². The van der Waals surface area contributed by atoms with Crippen molar-refractivity contribution in [3.8, 4) is 0 Å². The van der Waals surface area contributed by atoms with Crippen LogP contribution in [0.4, 0.5) is 8.78 Å². The fourth-order valence-corrected chi connectivity index (χ4v) is 1.24. The fourth-order valence-electron chi connectivity index (χ4n) is 0.959. The van der Waals surface area contributed by atoms with Crippen LogP contribution >= 0.6 is 11.6 Å². The highest BCUT2D eigenvalue weighted by Gasteiger charge is 2.11. The van der Waals surface area contributed by atoms with Crippen LogP contribution in [0.15, 0.2) is 10.9 Å². The van der Waals surface area contributed by atoms with E-state index in [4.69, 9.17) is 11.6 Å². The third kappa shape index (κ3) is 2.06. The maximum atomic E-state index is 12.2. The molecule has 1 rings (SSSR count). The number of H-pyrrole nitrogens is 1. The molecule has 0 unspecified atom stereocenters. The monoisotopic (exact) mass is 207 g/mol. The molecule has 0 spiro atoms. The molecule has 0 saturated heterocycles. The summed E-state index contributed by atoms with van der Waals surface area (Å²) in [5.74, 6) is 0.0650. The molecule has 13 heavy (non-hydrogen) atoms. The van der Waals surface area contributed by atoms with Crippen LogP contribution in [0.1, 0.15) is 23.2 Å². The summed E-state index contributed by atoms with van der Waals surface area (Å²) in [6.07, 6.45) is -2.67. The van der Waals surface area contributed by atoms with Crippen molar-refractivity contribution < 1.29 is 8.78 Å². The number of halogens is 3. The number of nitrogens with one attached hydrogen (secondary N) is 1. The van der Waals surface area contributed by atoms with Gasteiger partial charge in [-0.05, 0) is 18.6 Å². The zero-order valence-corrected chi connectivity index (χ0v) is 7.66. The Morgan fingerprint density at radius 2 is 2.23 bits per heavy atom. The van der Waals surface area contributed by atoms with Crippen molar-refractivity contribution in [3.63, 3.8) is 0 Å². The highest BCUT2D eigenvalue weighted by Crippen LogP contribution is 2.17. The Balaban J connectivity index is 3.31. The molecule has 0 aliphatic carbocycles. The average molecular weight is 208 g/mol. The summed E-state index contributed by atoms with van der Waals surface area (Å²) in [7, 11) is 0. The van der Waals surface area contributed by atoms with E-state index >= 15 is 0 Å². The van der Waals surface area contributed by atoms with Crippen molar-refractivity contribution in [3.05, 3.63) is 33.2 Å². The molecule has 0 aliphatic heterocycles. The Morgan fingerprint density at radius 3 is 2.69 bits per heavy atom. The second kappa shape index (κ2) is 3.87. The van der Waals surface area contributed by atoms with Crippen molar-refractivity contribution in [1.29, 1.82) is 0 Å². The van der Waals surface area contributed by atoms with Gasteiger partial charge in [-0.2, -0.15) is 0 Å². The molecule has 1 N–H and O–H groups in total. The number of hydrogen-bond donors (Lipinski definition) is 1. The lowest BCUT2D eigenvalue weighted by molar-refractivity contribution is 0.145. The lowest BCUT2D eigenvalue weighted by Gasteiger charge is -2.04. The van der Waals surface area contributed by atoms with Gasteiger partial charge < -0.3 is 4.98 Å². The molecule has 1 aromatic heterocycles. The maximum absolute atomic E-state index is 12.2. The van der Waals surface area contributed by atoms with Gasteiger partial charge in [0, 0.05) is 11.4 Å². The largest absolute Gasteiger partial charge is 0.321 e. The van der Waals surface area contributed by atoms with E-state index in [9.17, 15) is 13.6 Å². The lowest BCUT2D eigenvalue weighted by Crippen LogP contribution is -2.14. The molecule has 0 amide bonds. The highest BCUT2D eigenvalue weighted by molar-refractivity contribution is 6.17. The Labute approximate surface area is 78.5 Å². The molecule has 0 fully saturated rings. The second-order valence-electron chi connectivity index (χ2n) is 2.64. The van der Waals surface area contributed by atoms with Crippen molar-refractivity contribution in [1.82, 2.24) is 4.98 Å². The summed E-state index contributed by atoms with van der Waals surface area (Å²) in [6, 6.07) is 1.22. The predicted octanol–water partition coefficient (Wildman–Crippen LogP) is 2.36. The smallest absolute Gasteiger partial charge is 0.278 e. The SMILES string of the molecule is Cc1c(CCl)cc(C(F)F)[nH]c1=O. The van der Waals surface area contributed by atoms with Crippen LogP contribution in [-0.2, 0) is 5.88 Å². The van der Waals surface area contributed by atoms with Crippen molar-refractivity contribution in [2.45, 2.75) is 19.2 Å². The van der Waals surface area contributed by atoms with Gasteiger partial charge in [0.05, 0.1) is 5.69 Å². The first kappa shape index (κ1) is 10.2. The molecule has 0 aliphatic rings. The summed E-state index contributed by atoms with van der Waals surface area (Å²) in [4.78, 5) is 13.2. The third-order valence-corrected chi connectivity index (χ3v) is 2.08. The van der Waals surface area contributed by atoms with Gasteiger partial charge in [0.15, 0.2) is 0 Å². The molecule has 0 atom stereocenters. The molecule has 5 heteroatoms. The van der Waals surface area contributed by atoms with Crippen LogP contribution < -0.4 is 5.56 Å². The van der Waals surface area contributed by atoms with Crippen LogP contribution in [0.25, 0.3) is 0 Å². The number of aromatic amines is 1. The minimum Gasteiger partial charge on any atom is -0.321 e. The van der Waals surface area contributed by atoms with Crippen molar-refractivity contribution in [2.75, 3.05) is 0 Å². The topological polar surface area (TPSA) is 32.9 Å². The Bertz CT molecular complexity index is 362. The zero-order chi connectivity index (χ0) is 10.0. The van der Waals surface area contributed by atoms with E-state index < -0.39 is 12.0 Å². The van der Waals surface area contributed by atoms with Crippen LogP contribution in [0.2, 0.25) is 0 Å². The zero-order valence-electron chi connectivity index (χ0n) is 6.90. The standard InChI is InChI=1S/C8H8ClF2NO/c1-4-5(3-9)2-6(7(10)11)12-8(4)13/h2,7H,3H2,1H3,(H,12,13). The first-order valence-corrected chi connectivity index (χ1v) is 4.16. The normalized spacial score (nSPS) is 10.8. The Kier molecular flexibility index (Phi) is 3.03. The van der Waals surface area contributed by atoms with Gasteiger partial charge >= 0.3 is 0 Å². The number of aromatic nitrogens is 1. The molecule has 0 aromatic carbocycles. The molecular formula is C8H8ClF2NO. The number of rotatable bonds is 2. The van der Waals surface area contributed by atoms with Crippen LogP contribution in [-0.4, -0.2) is 4.98 Å². The van der Waals surface area contributed by atoms with Gasteiger partial charge in [0.25, 0.3) is 12.0 Å². The van der Waals surface area contributed by atoms with E-state index in [2.05, 4.69) is 4.98 Å². The van der Waals surface area contributed by atoms with Crippen molar-refractivity contribution in [2.24, 2.45) is 0 Å². The summed E-state index contributed by atoms with van der Waals surface area (Å²) >= 11 is 5.48. The molecule has 2 nitrogen and oxygen atoms in total. The minimum atomic E-state index is -2.67. The predicted molar refractivity (Wildman–Crippen MR) is 46.3 cm³/mol. The van der Waals surface area contributed by atoms with E-state index in [1.54, 1.807) is 6.92 Å². The lowest BCUT2D eigenvalue weighted by atomic mass is 10.1. The quantitative estimate of drug-likeness (QED) is 0.742. The van der Waals surface area contributed by atoms with E-state index in [0.717, 1.165) is 0 Å². The molecule has 0 saturated carbocycles. The van der Waals surface area contributed by atoms with Gasteiger partial charge in [-0.1, -0.05) is 0 Å². The third-order valence-electron chi connectivity index (χ3n) is 1.79. The van der Waals surface area contributed by atoms with E-state index in [0.29, 0.717) is 11.1 Å². The summed E-state index contributed by atoms with van der Waals surface area (Å²) in [6.45, 7) is 1.55. The minimum absolute atomic E-state index is 0.0650. The van der Waals surface area contributed by atoms with Crippen LogP contribution in [0.5, 0.6) is 0 Å². The summed E-state index contributed by atoms with van der Waals surface area (Å²) < 4.78 is 24.4. The van der Waals surface area contributed by atoms with Gasteiger partial charge in [0.2, 0.25) is 0 Å². The van der Waals surface area contributed by atoms with Gasteiger partial charge in [-0.15, -0.1) is 11.6 Å². The fraction of sp³-hybridized carbons (Fsp3) is 0.375. The van der Waals surface area contributed by atoms with Gasteiger partial charge in [0.1, 0.15) is 0 Å². The van der Waals surface area contributed by atoms with Gasteiger partial charge in [-0.3, -0.25) is 4.79 Å². The second-order valence-corrected chi connectivity index (χ2v) is 2.91. The molecular weight excluding hydrogens is 200 g/mol. The van der Waals surface area contributed by atoms with Crippen molar-refractivity contribution >= 4 is 11.6 Å². The van der Waals surface area contributed by atoms with Crippen LogP contribution in [0.3, 0.4) is 0 Å².